The number of hydrogen-bond donors (Lipinski definition) is 0. The number of oxime groups is 2. The van der Waals surface area contributed by atoms with Gasteiger partial charge in [0.2, 0.25) is 0 Å². The van der Waals surface area contributed by atoms with Crippen LogP contribution in [0.2, 0.25) is 0 Å². The van der Waals surface area contributed by atoms with Crippen LogP contribution in [0.5, 0.6) is 5.75 Å². The van der Waals surface area contributed by atoms with Crippen LogP contribution >= 0.6 is 0 Å². The quantitative estimate of drug-likeness (QED) is 0.502. The van der Waals surface area contributed by atoms with Gasteiger partial charge in [-0.3, -0.25) is 0 Å². The zero-order valence-electron chi connectivity index (χ0n) is 15.2. The molecule has 3 rings (SSSR count). The van der Waals surface area contributed by atoms with Gasteiger partial charge in [-0.25, -0.2) is 0 Å². The lowest BCUT2D eigenvalue weighted by atomic mass is 10.1. The largest absolute Gasteiger partial charge is 0.488 e. The van der Waals surface area contributed by atoms with Gasteiger partial charge in [-0.05, 0) is 54.4 Å². The number of ether oxygens (including phenoxy) is 1. The van der Waals surface area contributed by atoms with Crippen molar-refractivity contribution in [2.45, 2.75) is 26.1 Å². The number of benzene rings is 2. The zero-order valence-corrected chi connectivity index (χ0v) is 15.2. The van der Waals surface area contributed by atoms with Gasteiger partial charge in [0, 0.05) is 6.42 Å². The van der Waals surface area contributed by atoms with Gasteiger partial charge >= 0.3 is 6.18 Å². The third-order valence-electron chi connectivity index (χ3n) is 4.07. The van der Waals surface area contributed by atoms with Crippen molar-refractivity contribution in [3.8, 4) is 5.75 Å². The van der Waals surface area contributed by atoms with Crippen molar-refractivity contribution in [3.05, 3.63) is 65.2 Å². The molecule has 0 bridgehead atoms. The summed E-state index contributed by atoms with van der Waals surface area (Å²) in [5.74, 6) is 0.705. The molecule has 0 amide bonds. The number of halogens is 3. The van der Waals surface area contributed by atoms with Gasteiger partial charge in [0.1, 0.15) is 25.6 Å². The van der Waals surface area contributed by atoms with E-state index in [9.17, 15) is 13.2 Å². The maximum Gasteiger partial charge on any atom is 0.416 e. The average molecular weight is 392 g/mol. The van der Waals surface area contributed by atoms with E-state index in [1.54, 1.807) is 6.92 Å². The molecule has 0 saturated heterocycles. The van der Waals surface area contributed by atoms with Crippen LogP contribution in [-0.2, 0) is 22.5 Å². The maximum absolute atomic E-state index is 12.5. The van der Waals surface area contributed by atoms with Crippen molar-refractivity contribution in [2.75, 3.05) is 13.2 Å². The summed E-state index contributed by atoms with van der Waals surface area (Å²) in [5, 5.41) is 7.89. The molecule has 0 aromatic heterocycles. The Hall–Kier alpha value is -3.03. The van der Waals surface area contributed by atoms with Crippen LogP contribution in [0.25, 0.3) is 0 Å². The molecule has 1 heterocycles. The molecule has 0 aliphatic carbocycles. The maximum atomic E-state index is 12.5. The van der Waals surface area contributed by atoms with Gasteiger partial charge < -0.3 is 14.4 Å². The van der Waals surface area contributed by atoms with Crippen LogP contribution in [0.3, 0.4) is 0 Å². The molecule has 0 saturated carbocycles. The summed E-state index contributed by atoms with van der Waals surface area (Å²) in [7, 11) is 0. The third kappa shape index (κ3) is 5.48. The third-order valence-corrected chi connectivity index (χ3v) is 4.07. The predicted octanol–water partition coefficient (Wildman–Crippen LogP) is 4.80. The molecular weight excluding hydrogens is 373 g/mol. The number of hydrogen-bond acceptors (Lipinski definition) is 5. The molecular formula is C20H19F3N2O3. The van der Waals surface area contributed by atoms with E-state index in [1.807, 2.05) is 24.3 Å². The van der Waals surface area contributed by atoms with E-state index in [1.165, 1.54) is 12.1 Å². The summed E-state index contributed by atoms with van der Waals surface area (Å²) in [6.07, 6.45) is -3.57. The molecule has 0 fully saturated rings. The molecule has 148 valence electrons. The van der Waals surface area contributed by atoms with Crippen molar-refractivity contribution in [2.24, 2.45) is 10.3 Å². The highest BCUT2D eigenvalue weighted by molar-refractivity contribution is 5.98. The van der Waals surface area contributed by atoms with Gasteiger partial charge in [0.15, 0.2) is 0 Å². The first-order valence-electron chi connectivity index (χ1n) is 8.65. The predicted molar refractivity (Wildman–Crippen MR) is 98.4 cm³/mol. The van der Waals surface area contributed by atoms with Crippen molar-refractivity contribution in [3.63, 3.8) is 0 Å². The van der Waals surface area contributed by atoms with E-state index >= 15 is 0 Å². The van der Waals surface area contributed by atoms with E-state index in [4.69, 9.17) is 14.4 Å². The van der Waals surface area contributed by atoms with E-state index in [0.29, 0.717) is 30.2 Å². The fraction of sp³-hybridized carbons (Fsp3) is 0.300. The van der Waals surface area contributed by atoms with E-state index in [0.717, 1.165) is 29.8 Å². The van der Waals surface area contributed by atoms with Gasteiger partial charge in [-0.15, -0.1) is 0 Å². The molecule has 8 heteroatoms. The summed E-state index contributed by atoms with van der Waals surface area (Å²) in [6, 6.07) is 12.1. The summed E-state index contributed by atoms with van der Waals surface area (Å²) >= 11 is 0. The van der Waals surface area contributed by atoms with Gasteiger partial charge in [0.05, 0.1) is 17.0 Å². The average Bonchev–Trinajstić information content (AvgIpc) is 3.20. The minimum atomic E-state index is -4.34. The first kappa shape index (κ1) is 19.7. The molecule has 0 atom stereocenters. The van der Waals surface area contributed by atoms with Crippen LogP contribution in [0, 0.1) is 0 Å². The molecule has 0 spiro atoms. The summed E-state index contributed by atoms with van der Waals surface area (Å²) in [6.45, 7) is 2.86. The smallest absolute Gasteiger partial charge is 0.416 e. The highest BCUT2D eigenvalue weighted by atomic mass is 19.4. The van der Waals surface area contributed by atoms with Crippen molar-refractivity contribution < 1.29 is 27.6 Å². The molecule has 1 aliphatic heterocycles. The molecule has 0 unspecified atom stereocenters. The highest BCUT2D eigenvalue weighted by Crippen LogP contribution is 2.29. The Morgan fingerprint density at radius 2 is 1.79 bits per heavy atom. The van der Waals surface area contributed by atoms with Crippen molar-refractivity contribution in [1.82, 2.24) is 0 Å². The summed E-state index contributed by atoms with van der Waals surface area (Å²) < 4.78 is 43.3. The first-order chi connectivity index (χ1) is 13.4. The Balaban J connectivity index is 1.50. The van der Waals surface area contributed by atoms with E-state index < -0.39 is 11.7 Å². The molecule has 0 radical (unpaired) electrons. The molecule has 2 aromatic carbocycles. The number of nitrogens with zero attached hydrogens (tertiary/aromatic N) is 2. The topological polar surface area (TPSA) is 52.4 Å². The Morgan fingerprint density at radius 1 is 1.07 bits per heavy atom. The fourth-order valence-electron chi connectivity index (χ4n) is 2.45. The van der Waals surface area contributed by atoms with Crippen molar-refractivity contribution >= 4 is 11.4 Å². The normalized spacial score (nSPS) is 14.4. The van der Waals surface area contributed by atoms with Crippen molar-refractivity contribution in [1.29, 1.82) is 0 Å². The fourth-order valence-corrected chi connectivity index (χ4v) is 2.45. The van der Waals surface area contributed by atoms with Gasteiger partial charge in [0.25, 0.3) is 0 Å². The SMILES string of the molecule is C/C(=N\OCc1ccc(C(F)(F)F)cc1)c1ccc(OCC2=NOCC2)cc1. The van der Waals surface area contributed by atoms with Gasteiger partial charge in [-0.1, -0.05) is 22.4 Å². The highest BCUT2D eigenvalue weighted by Gasteiger charge is 2.29. The molecule has 1 aliphatic rings. The van der Waals surface area contributed by atoms with E-state index in [2.05, 4.69) is 10.3 Å². The second kappa shape index (κ2) is 8.77. The Labute approximate surface area is 160 Å². The second-order valence-corrected chi connectivity index (χ2v) is 6.20. The number of alkyl halides is 3. The Morgan fingerprint density at radius 3 is 2.39 bits per heavy atom. The lowest BCUT2D eigenvalue weighted by Gasteiger charge is -2.08. The summed E-state index contributed by atoms with van der Waals surface area (Å²) in [5.41, 5.74) is 2.28. The van der Waals surface area contributed by atoms with Crippen LogP contribution in [0.1, 0.15) is 30.0 Å². The van der Waals surface area contributed by atoms with Crippen LogP contribution in [-0.4, -0.2) is 24.6 Å². The molecule has 5 nitrogen and oxygen atoms in total. The lowest BCUT2D eigenvalue weighted by molar-refractivity contribution is -0.137. The standard InChI is InChI=1S/C20H19F3N2O3/c1-14(24-28-12-15-2-6-17(7-3-15)20(21,22)23)16-4-8-19(9-5-16)26-13-18-10-11-27-25-18/h2-9H,10-13H2,1H3/b24-14+. The Bertz CT molecular complexity index is 844. The van der Waals surface area contributed by atoms with Crippen LogP contribution in [0.4, 0.5) is 13.2 Å². The lowest BCUT2D eigenvalue weighted by Crippen LogP contribution is -2.09. The van der Waals surface area contributed by atoms with Crippen LogP contribution < -0.4 is 4.74 Å². The Kier molecular flexibility index (Phi) is 6.18. The monoisotopic (exact) mass is 392 g/mol. The van der Waals surface area contributed by atoms with E-state index in [-0.39, 0.29) is 6.61 Å². The minimum Gasteiger partial charge on any atom is -0.488 e. The minimum absolute atomic E-state index is 0.0842. The molecule has 0 N–H and O–H groups in total. The molecule has 2 aromatic rings. The van der Waals surface area contributed by atoms with Crippen LogP contribution in [0.15, 0.2) is 58.8 Å². The molecule has 28 heavy (non-hydrogen) atoms. The number of rotatable bonds is 7. The zero-order chi connectivity index (χ0) is 20.0. The summed E-state index contributed by atoms with van der Waals surface area (Å²) in [4.78, 5) is 10.2. The first-order valence-corrected chi connectivity index (χ1v) is 8.65. The van der Waals surface area contributed by atoms with Gasteiger partial charge in [-0.2, -0.15) is 13.2 Å². The second-order valence-electron chi connectivity index (χ2n) is 6.20.